The van der Waals surface area contributed by atoms with Gasteiger partial charge in [-0.25, -0.2) is 0 Å². The summed E-state index contributed by atoms with van der Waals surface area (Å²) in [5.41, 5.74) is 4.66. The van der Waals surface area contributed by atoms with Crippen molar-refractivity contribution in [2.45, 2.75) is 18.6 Å². The second-order valence-electron chi connectivity index (χ2n) is 5.05. The lowest BCUT2D eigenvalue weighted by atomic mass is 9.91. The Kier molecular flexibility index (Phi) is 4.82. The molecule has 2 amide bonds. The lowest BCUT2D eigenvalue weighted by Gasteiger charge is -2.31. The zero-order chi connectivity index (χ0) is 15.5. The summed E-state index contributed by atoms with van der Waals surface area (Å²) in [5, 5.41) is 6.19. The highest BCUT2D eigenvalue weighted by atomic mass is 35.5. The second-order valence-corrected chi connectivity index (χ2v) is 5.49. The van der Waals surface area contributed by atoms with Crippen LogP contribution in [0.4, 0.5) is 0 Å². The molecule has 1 saturated heterocycles. The van der Waals surface area contributed by atoms with E-state index in [-0.39, 0.29) is 5.91 Å². The first-order chi connectivity index (χ1) is 9.93. The van der Waals surface area contributed by atoms with Gasteiger partial charge in [-0.15, -0.1) is 0 Å². The minimum absolute atomic E-state index is 0.386. The van der Waals surface area contributed by atoms with Crippen LogP contribution in [0.25, 0.3) is 0 Å². The molecular weight excluding hydrogens is 294 g/mol. The number of morpholine rings is 1. The SMILES string of the molecule is CC(NC(=O)C1CNCCO1)(C(N)=O)c1cccc(Cl)c1. The van der Waals surface area contributed by atoms with Gasteiger partial charge in [0.15, 0.2) is 0 Å². The van der Waals surface area contributed by atoms with Crippen molar-refractivity contribution in [1.82, 2.24) is 10.6 Å². The van der Waals surface area contributed by atoms with Crippen molar-refractivity contribution in [2.75, 3.05) is 19.7 Å². The molecule has 1 aliphatic heterocycles. The molecule has 1 heterocycles. The van der Waals surface area contributed by atoms with Gasteiger partial charge >= 0.3 is 0 Å². The zero-order valence-corrected chi connectivity index (χ0v) is 12.4. The first kappa shape index (κ1) is 15.8. The summed E-state index contributed by atoms with van der Waals surface area (Å²) in [4.78, 5) is 24.1. The van der Waals surface area contributed by atoms with Gasteiger partial charge in [-0.1, -0.05) is 23.7 Å². The molecule has 2 unspecified atom stereocenters. The normalized spacial score (nSPS) is 21.3. The van der Waals surface area contributed by atoms with Gasteiger partial charge in [-0.3, -0.25) is 9.59 Å². The molecule has 21 heavy (non-hydrogen) atoms. The first-order valence-corrected chi connectivity index (χ1v) is 7.01. The largest absolute Gasteiger partial charge is 0.367 e. The van der Waals surface area contributed by atoms with Gasteiger partial charge < -0.3 is 21.1 Å². The number of primary amides is 1. The van der Waals surface area contributed by atoms with Crippen LogP contribution >= 0.6 is 11.6 Å². The highest BCUT2D eigenvalue weighted by Gasteiger charge is 2.37. The fraction of sp³-hybridized carbons (Fsp3) is 0.429. The molecular formula is C14H18ClN3O3. The summed E-state index contributed by atoms with van der Waals surface area (Å²) in [6.45, 7) is 3.10. The van der Waals surface area contributed by atoms with E-state index < -0.39 is 17.6 Å². The molecule has 4 N–H and O–H groups in total. The van der Waals surface area contributed by atoms with E-state index in [4.69, 9.17) is 22.1 Å². The van der Waals surface area contributed by atoms with Crippen molar-refractivity contribution in [3.63, 3.8) is 0 Å². The summed E-state index contributed by atoms with van der Waals surface area (Å²) < 4.78 is 5.37. The number of nitrogens with one attached hydrogen (secondary N) is 2. The predicted molar refractivity (Wildman–Crippen MR) is 78.8 cm³/mol. The third-order valence-electron chi connectivity index (χ3n) is 3.49. The molecule has 1 aromatic carbocycles. The number of halogens is 1. The van der Waals surface area contributed by atoms with Crippen molar-refractivity contribution in [3.8, 4) is 0 Å². The molecule has 0 aromatic heterocycles. The van der Waals surface area contributed by atoms with E-state index in [1.807, 2.05) is 0 Å². The minimum Gasteiger partial charge on any atom is -0.367 e. The van der Waals surface area contributed by atoms with Crippen molar-refractivity contribution < 1.29 is 14.3 Å². The highest BCUT2D eigenvalue weighted by Crippen LogP contribution is 2.23. The number of carbonyl (C=O) groups excluding carboxylic acids is 2. The average molecular weight is 312 g/mol. The van der Waals surface area contributed by atoms with E-state index in [1.165, 1.54) is 0 Å². The van der Waals surface area contributed by atoms with Gasteiger partial charge in [0.1, 0.15) is 11.6 Å². The molecule has 7 heteroatoms. The smallest absolute Gasteiger partial charge is 0.251 e. The van der Waals surface area contributed by atoms with E-state index >= 15 is 0 Å². The maximum absolute atomic E-state index is 12.3. The van der Waals surface area contributed by atoms with E-state index in [1.54, 1.807) is 31.2 Å². The standard InChI is InChI=1S/C14H18ClN3O3/c1-14(13(16)20,9-3-2-4-10(15)7-9)18-12(19)11-8-17-5-6-21-11/h2-4,7,11,17H,5-6,8H2,1H3,(H2,16,20)(H,18,19). The maximum Gasteiger partial charge on any atom is 0.251 e. The molecule has 1 aliphatic rings. The highest BCUT2D eigenvalue weighted by molar-refractivity contribution is 6.30. The van der Waals surface area contributed by atoms with Gasteiger partial charge in [0.2, 0.25) is 5.91 Å². The number of hydrogen-bond acceptors (Lipinski definition) is 4. The van der Waals surface area contributed by atoms with E-state index in [0.29, 0.717) is 30.3 Å². The Morgan fingerprint density at radius 1 is 1.52 bits per heavy atom. The predicted octanol–water partition coefficient (Wildman–Crippen LogP) is 0.145. The number of carbonyl (C=O) groups is 2. The van der Waals surface area contributed by atoms with Crippen LogP contribution in [0.2, 0.25) is 5.02 Å². The van der Waals surface area contributed by atoms with Crippen LogP contribution in [0.3, 0.4) is 0 Å². The van der Waals surface area contributed by atoms with Gasteiger partial charge in [0.25, 0.3) is 5.91 Å². The number of nitrogens with two attached hydrogens (primary N) is 1. The Hall–Kier alpha value is -1.63. The lowest BCUT2D eigenvalue weighted by Crippen LogP contribution is -2.57. The Morgan fingerprint density at radius 2 is 2.29 bits per heavy atom. The third-order valence-corrected chi connectivity index (χ3v) is 3.72. The Morgan fingerprint density at radius 3 is 2.86 bits per heavy atom. The Bertz CT molecular complexity index is 546. The van der Waals surface area contributed by atoms with Gasteiger partial charge in [0, 0.05) is 18.1 Å². The molecule has 0 aliphatic carbocycles. The summed E-state index contributed by atoms with van der Waals surface area (Å²) in [6.07, 6.45) is -0.642. The van der Waals surface area contributed by atoms with E-state index in [9.17, 15) is 9.59 Å². The van der Waals surface area contributed by atoms with Crippen molar-refractivity contribution >= 4 is 23.4 Å². The molecule has 2 rings (SSSR count). The zero-order valence-electron chi connectivity index (χ0n) is 11.7. The molecule has 1 aromatic rings. The minimum atomic E-state index is -1.34. The summed E-state index contributed by atoms with van der Waals surface area (Å²) in [5.74, 6) is -1.05. The van der Waals surface area contributed by atoms with Crippen molar-refractivity contribution in [2.24, 2.45) is 5.73 Å². The average Bonchev–Trinajstić information content (AvgIpc) is 2.47. The monoisotopic (exact) mass is 311 g/mol. The lowest BCUT2D eigenvalue weighted by molar-refractivity contribution is -0.140. The van der Waals surface area contributed by atoms with Crippen LogP contribution in [0, 0.1) is 0 Å². The number of rotatable bonds is 4. The summed E-state index contributed by atoms with van der Waals surface area (Å²) >= 11 is 5.94. The van der Waals surface area contributed by atoms with Crippen LogP contribution in [0.5, 0.6) is 0 Å². The summed E-state index contributed by atoms with van der Waals surface area (Å²) in [6, 6.07) is 6.68. The van der Waals surface area contributed by atoms with Crippen molar-refractivity contribution in [1.29, 1.82) is 0 Å². The van der Waals surface area contributed by atoms with E-state index in [0.717, 1.165) is 0 Å². The van der Waals surface area contributed by atoms with Gasteiger partial charge in [0.05, 0.1) is 6.61 Å². The van der Waals surface area contributed by atoms with E-state index in [2.05, 4.69) is 10.6 Å². The molecule has 0 radical (unpaired) electrons. The topological polar surface area (TPSA) is 93.4 Å². The summed E-state index contributed by atoms with van der Waals surface area (Å²) in [7, 11) is 0. The van der Waals surface area contributed by atoms with Crippen LogP contribution in [-0.2, 0) is 19.9 Å². The van der Waals surface area contributed by atoms with Crippen LogP contribution in [0.1, 0.15) is 12.5 Å². The fourth-order valence-electron chi connectivity index (χ4n) is 2.14. The van der Waals surface area contributed by atoms with Gasteiger partial charge in [-0.05, 0) is 24.6 Å². The number of amides is 2. The molecule has 0 bridgehead atoms. The Labute approximate surface area is 128 Å². The third kappa shape index (κ3) is 3.53. The number of hydrogen-bond donors (Lipinski definition) is 3. The van der Waals surface area contributed by atoms with Crippen LogP contribution in [0.15, 0.2) is 24.3 Å². The second kappa shape index (κ2) is 6.43. The molecule has 0 saturated carbocycles. The number of benzene rings is 1. The maximum atomic E-state index is 12.3. The van der Waals surface area contributed by atoms with Crippen LogP contribution < -0.4 is 16.4 Å². The Balaban J connectivity index is 2.22. The van der Waals surface area contributed by atoms with Crippen LogP contribution in [-0.4, -0.2) is 37.6 Å². The molecule has 2 atom stereocenters. The molecule has 114 valence electrons. The molecule has 6 nitrogen and oxygen atoms in total. The van der Waals surface area contributed by atoms with Gasteiger partial charge in [-0.2, -0.15) is 0 Å². The quantitative estimate of drug-likeness (QED) is 0.737. The first-order valence-electron chi connectivity index (χ1n) is 6.64. The van der Waals surface area contributed by atoms with Crippen molar-refractivity contribution in [3.05, 3.63) is 34.9 Å². The molecule has 0 spiro atoms. The number of ether oxygens (including phenoxy) is 1. The molecule has 1 fully saturated rings. The fourth-order valence-corrected chi connectivity index (χ4v) is 2.33.